The lowest BCUT2D eigenvalue weighted by Crippen LogP contribution is -2.56. The van der Waals surface area contributed by atoms with E-state index in [4.69, 9.17) is 0 Å². The van der Waals surface area contributed by atoms with E-state index in [-0.39, 0.29) is 29.5 Å². The van der Waals surface area contributed by atoms with E-state index in [2.05, 4.69) is 39.0 Å². The molecule has 3 nitrogen and oxygen atoms in total. The molecule has 0 bridgehead atoms. The Balaban J connectivity index is 2.29. The fourth-order valence-corrected chi connectivity index (χ4v) is 6.73. The van der Waals surface area contributed by atoms with Gasteiger partial charge in [0.15, 0.2) is 0 Å². The molecule has 1 fully saturated rings. The van der Waals surface area contributed by atoms with Gasteiger partial charge in [0.1, 0.15) is 5.78 Å². The summed E-state index contributed by atoms with van der Waals surface area (Å²) in [4.78, 5) is 26.3. The van der Waals surface area contributed by atoms with Gasteiger partial charge in [0, 0.05) is 17.3 Å². The molecule has 2 aliphatic carbocycles. The van der Waals surface area contributed by atoms with Crippen molar-refractivity contribution in [2.24, 2.45) is 34.5 Å². The van der Waals surface area contributed by atoms with Gasteiger partial charge in [-0.05, 0) is 43.1 Å². The normalized spacial score (nSPS) is 36.0. The van der Waals surface area contributed by atoms with Gasteiger partial charge >= 0.3 is 5.97 Å². The standard InChI is InChI=1S/C27H36O3/c1-6-20-17-26(8-3,16-15-19-13-11-10-12-14-19)27(9-4,25(29)30)23-18(5)24(28)21(7-2)22(20)23/h10-18,21-23H,6-9H2,1-5H3,(H,29,30)/b16-15+/t18-,21-,22-,23-,26-,27-/m1/s1. The van der Waals surface area contributed by atoms with Crippen LogP contribution in [0, 0.1) is 34.5 Å². The lowest BCUT2D eigenvalue weighted by Gasteiger charge is -2.55. The summed E-state index contributed by atoms with van der Waals surface area (Å²) in [5.41, 5.74) is 0.730. The van der Waals surface area contributed by atoms with Crippen LogP contribution in [0.2, 0.25) is 0 Å². The van der Waals surface area contributed by atoms with Gasteiger partial charge in [0.25, 0.3) is 0 Å². The highest BCUT2D eigenvalue weighted by molar-refractivity contribution is 5.90. The van der Waals surface area contributed by atoms with Gasteiger partial charge in [-0.3, -0.25) is 9.59 Å². The SMILES string of the molecule is CCC1=C[C@](/C=C/c2ccccc2)(CC)[C@@](CC)(C(=O)O)[C@H]2[C@H]1[C@@H](CC)C(=O)[C@@H]2C. The molecule has 1 aromatic carbocycles. The van der Waals surface area contributed by atoms with Crippen molar-refractivity contribution >= 4 is 17.8 Å². The molecule has 3 heteroatoms. The molecular formula is C27H36O3. The van der Waals surface area contributed by atoms with Gasteiger partial charge in [-0.15, -0.1) is 0 Å². The first-order valence-corrected chi connectivity index (χ1v) is 11.6. The molecule has 0 unspecified atom stereocenters. The average Bonchev–Trinajstić information content (AvgIpc) is 3.02. The van der Waals surface area contributed by atoms with E-state index in [1.807, 2.05) is 44.2 Å². The number of ketones is 1. The zero-order valence-electron chi connectivity index (χ0n) is 19.0. The van der Waals surface area contributed by atoms with Crippen molar-refractivity contribution in [3.05, 3.63) is 53.6 Å². The summed E-state index contributed by atoms with van der Waals surface area (Å²) in [5.74, 6) is -0.926. The Hall–Kier alpha value is -2.16. The summed E-state index contributed by atoms with van der Waals surface area (Å²) < 4.78 is 0. The van der Waals surface area contributed by atoms with Crippen LogP contribution >= 0.6 is 0 Å². The van der Waals surface area contributed by atoms with Crippen LogP contribution in [0.4, 0.5) is 0 Å². The van der Waals surface area contributed by atoms with Crippen molar-refractivity contribution in [1.29, 1.82) is 0 Å². The molecule has 0 amide bonds. The second kappa shape index (κ2) is 8.53. The number of carboxylic acid groups (broad SMARTS) is 1. The van der Waals surface area contributed by atoms with E-state index in [9.17, 15) is 14.7 Å². The minimum Gasteiger partial charge on any atom is -0.481 e. The Morgan fingerprint density at radius 1 is 1.10 bits per heavy atom. The Labute approximate surface area is 181 Å². The van der Waals surface area contributed by atoms with E-state index in [1.165, 1.54) is 5.57 Å². The molecule has 162 valence electrons. The van der Waals surface area contributed by atoms with Crippen LogP contribution in [0.1, 0.15) is 65.9 Å². The number of hydrogen-bond acceptors (Lipinski definition) is 2. The zero-order valence-corrected chi connectivity index (χ0v) is 19.0. The minimum atomic E-state index is -0.991. The second-order valence-corrected chi connectivity index (χ2v) is 9.10. The summed E-state index contributed by atoms with van der Waals surface area (Å²) in [6.45, 7) is 10.3. The number of carboxylic acids is 1. The van der Waals surface area contributed by atoms with Gasteiger partial charge in [-0.1, -0.05) is 88.8 Å². The van der Waals surface area contributed by atoms with E-state index >= 15 is 0 Å². The number of rotatable bonds is 7. The number of hydrogen-bond donors (Lipinski definition) is 1. The highest BCUT2D eigenvalue weighted by atomic mass is 16.4. The Kier molecular flexibility index (Phi) is 6.40. The van der Waals surface area contributed by atoms with E-state index < -0.39 is 16.8 Å². The van der Waals surface area contributed by atoms with Crippen LogP contribution in [0.3, 0.4) is 0 Å². The maximum atomic E-state index is 13.2. The number of fused-ring (bicyclic) bond motifs is 1. The number of aliphatic carboxylic acids is 1. The van der Waals surface area contributed by atoms with Gasteiger partial charge in [-0.25, -0.2) is 0 Å². The van der Waals surface area contributed by atoms with Crippen LogP contribution in [0.25, 0.3) is 6.08 Å². The molecule has 3 rings (SSSR count). The topological polar surface area (TPSA) is 54.4 Å². The third-order valence-corrected chi connectivity index (χ3v) is 8.19. The average molecular weight is 409 g/mol. The Bertz CT molecular complexity index is 852. The van der Waals surface area contributed by atoms with Gasteiger partial charge in [0.2, 0.25) is 0 Å². The van der Waals surface area contributed by atoms with Crippen LogP contribution in [0.15, 0.2) is 48.1 Å². The van der Waals surface area contributed by atoms with Crippen molar-refractivity contribution in [3.63, 3.8) is 0 Å². The molecule has 0 aromatic heterocycles. The summed E-state index contributed by atoms with van der Waals surface area (Å²) >= 11 is 0. The van der Waals surface area contributed by atoms with E-state index in [0.717, 1.165) is 18.4 Å². The second-order valence-electron chi connectivity index (χ2n) is 9.10. The molecule has 1 N–H and O–H groups in total. The van der Waals surface area contributed by atoms with E-state index in [1.54, 1.807) is 0 Å². The molecule has 2 aliphatic rings. The van der Waals surface area contributed by atoms with Crippen molar-refractivity contribution in [1.82, 2.24) is 0 Å². The molecular weight excluding hydrogens is 372 g/mol. The van der Waals surface area contributed by atoms with Gasteiger partial charge in [-0.2, -0.15) is 0 Å². The summed E-state index contributed by atoms with van der Waals surface area (Å²) in [5, 5.41) is 10.7. The Morgan fingerprint density at radius 2 is 1.77 bits per heavy atom. The van der Waals surface area contributed by atoms with Crippen LogP contribution in [0.5, 0.6) is 0 Å². The fourth-order valence-electron chi connectivity index (χ4n) is 6.73. The first-order chi connectivity index (χ1) is 14.3. The quantitative estimate of drug-likeness (QED) is 0.531. The summed E-state index contributed by atoms with van der Waals surface area (Å²) in [7, 11) is 0. The fraction of sp³-hybridized carbons (Fsp3) is 0.556. The molecule has 0 aliphatic heterocycles. The predicted molar refractivity (Wildman–Crippen MR) is 122 cm³/mol. The molecule has 6 atom stereocenters. The van der Waals surface area contributed by atoms with Crippen LogP contribution < -0.4 is 0 Å². The van der Waals surface area contributed by atoms with E-state index in [0.29, 0.717) is 12.8 Å². The highest BCUT2D eigenvalue weighted by Crippen LogP contribution is 2.66. The molecule has 0 heterocycles. The monoisotopic (exact) mass is 408 g/mol. The first-order valence-electron chi connectivity index (χ1n) is 11.6. The summed E-state index contributed by atoms with van der Waals surface area (Å²) in [6, 6.07) is 10.1. The number of benzene rings is 1. The number of allylic oxidation sites excluding steroid dienone is 3. The lowest BCUT2D eigenvalue weighted by atomic mass is 9.46. The molecule has 1 aromatic rings. The zero-order chi connectivity index (χ0) is 22.1. The third kappa shape index (κ3) is 3.09. The van der Waals surface area contributed by atoms with Crippen molar-refractivity contribution in [2.75, 3.05) is 0 Å². The van der Waals surface area contributed by atoms with Crippen molar-refractivity contribution in [3.8, 4) is 0 Å². The number of carbonyl (C=O) groups is 2. The Morgan fingerprint density at radius 3 is 2.27 bits per heavy atom. The predicted octanol–water partition coefficient (Wildman–Crippen LogP) is 6.40. The lowest BCUT2D eigenvalue weighted by molar-refractivity contribution is -0.165. The van der Waals surface area contributed by atoms with Crippen molar-refractivity contribution in [2.45, 2.75) is 60.3 Å². The molecule has 1 saturated carbocycles. The van der Waals surface area contributed by atoms with Crippen LogP contribution in [-0.2, 0) is 9.59 Å². The maximum Gasteiger partial charge on any atom is 0.311 e. The molecule has 0 saturated heterocycles. The third-order valence-electron chi connectivity index (χ3n) is 8.19. The number of carbonyl (C=O) groups excluding carboxylic acids is 1. The van der Waals surface area contributed by atoms with Gasteiger partial charge in [0.05, 0.1) is 5.41 Å². The minimum absolute atomic E-state index is 0.0448. The maximum absolute atomic E-state index is 13.2. The molecule has 0 radical (unpaired) electrons. The number of Topliss-reactive ketones (excluding diaryl/α,β-unsaturated/α-hetero) is 1. The van der Waals surface area contributed by atoms with Crippen LogP contribution in [-0.4, -0.2) is 16.9 Å². The first kappa shape index (κ1) is 22.5. The largest absolute Gasteiger partial charge is 0.481 e. The van der Waals surface area contributed by atoms with Crippen molar-refractivity contribution < 1.29 is 14.7 Å². The van der Waals surface area contributed by atoms with Gasteiger partial charge < -0.3 is 5.11 Å². The highest BCUT2D eigenvalue weighted by Gasteiger charge is 2.67. The summed E-state index contributed by atoms with van der Waals surface area (Å²) in [6.07, 6.45) is 9.29. The molecule has 30 heavy (non-hydrogen) atoms. The smallest absolute Gasteiger partial charge is 0.311 e. The molecule has 0 spiro atoms.